The molecule has 0 saturated heterocycles. The molecule has 3 N–H and O–H groups in total. The number of aliphatic hydroxyl groups is 1. The van der Waals surface area contributed by atoms with Gasteiger partial charge in [-0.05, 0) is 26.8 Å². The molecule has 6 heteroatoms. The van der Waals surface area contributed by atoms with E-state index >= 15 is 0 Å². The Morgan fingerprint density at radius 1 is 1.41 bits per heavy atom. The van der Waals surface area contributed by atoms with Gasteiger partial charge in [-0.1, -0.05) is 0 Å². The lowest BCUT2D eigenvalue weighted by Crippen LogP contribution is -2.38. The zero-order valence-electron chi connectivity index (χ0n) is 12.7. The van der Waals surface area contributed by atoms with Crippen molar-refractivity contribution < 1.29 is 18.7 Å². The van der Waals surface area contributed by atoms with Gasteiger partial charge in [0.2, 0.25) is 0 Å². The lowest BCUT2D eigenvalue weighted by molar-refractivity contribution is 0.0513. The quantitative estimate of drug-likeness (QED) is 0.691. The number of carbonyl (C=O) groups is 1. The van der Waals surface area contributed by atoms with Crippen LogP contribution in [-0.4, -0.2) is 22.5 Å². The predicted octanol–water partition coefficient (Wildman–Crippen LogP) is 2.61. The molecule has 0 radical (unpaired) electrons. The van der Waals surface area contributed by atoms with E-state index in [0.29, 0.717) is 22.6 Å². The van der Waals surface area contributed by atoms with E-state index < -0.39 is 5.60 Å². The van der Waals surface area contributed by atoms with Gasteiger partial charge in [0.05, 0.1) is 18.3 Å². The molecule has 3 aromatic rings. The number of amides is 1. The lowest BCUT2D eigenvalue weighted by atomic mass is 9.96. The van der Waals surface area contributed by atoms with Crippen LogP contribution in [0.2, 0.25) is 0 Å². The van der Waals surface area contributed by atoms with Crippen molar-refractivity contribution in [3.05, 3.63) is 47.2 Å². The van der Waals surface area contributed by atoms with Gasteiger partial charge in [-0.2, -0.15) is 0 Å². The van der Waals surface area contributed by atoms with Crippen LogP contribution in [0.1, 0.15) is 34.5 Å². The standard InChI is InChI=1S/C16H18N2O4/c1-9-6-11(10(2)22-9)16(3,20)8-17-15(19)13-7-14-12(18-13)4-5-21-14/h4-7,18,20H,8H2,1-3H3,(H,17,19). The molecule has 0 aromatic carbocycles. The first-order chi connectivity index (χ1) is 10.4. The van der Waals surface area contributed by atoms with E-state index in [1.165, 1.54) is 0 Å². The van der Waals surface area contributed by atoms with Crippen molar-refractivity contribution in [1.82, 2.24) is 10.3 Å². The van der Waals surface area contributed by atoms with Crippen molar-refractivity contribution in [2.24, 2.45) is 0 Å². The van der Waals surface area contributed by atoms with Crippen LogP contribution in [0, 0.1) is 13.8 Å². The minimum absolute atomic E-state index is 0.0754. The molecule has 3 heterocycles. The third kappa shape index (κ3) is 2.53. The topological polar surface area (TPSA) is 91.4 Å². The molecule has 0 fully saturated rings. The number of rotatable bonds is 4. The van der Waals surface area contributed by atoms with Crippen LogP contribution in [-0.2, 0) is 5.60 Å². The Bertz CT molecular complexity index is 794. The number of aryl methyl sites for hydroxylation is 2. The van der Waals surface area contributed by atoms with Crippen LogP contribution < -0.4 is 5.32 Å². The molecule has 0 bridgehead atoms. The first-order valence-corrected chi connectivity index (χ1v) is 7.01. The molecule has 3 rings (SSSR count). The predicted molar refractivity (Wildman–Crippen MR) is 80.7 cm³/mol. The second-order valence-electron chi connectivity index (χ2n) is 5.66. The Balaban J connectivity index is 1.72. The molecule has 0 aliphatic rings. The Labute approximate surface area is 127 Å². The van der Waals surface area contributed by atoms with Gasteiger partial charge in [0.15, 0.2) is 5.58 Å². The first kappa shape index (κ1) is 14.5. The van der Waals surface area contributed by atoms with Gasteiger partial charge < -0.3 is 24.2 Å². The Morgan fingerprint density at radius 2 is 2.18 bits per heavy atom. The third-order valence-corrected chi connectivity index (χ3v) is 3.70. The van der Waals surface area contributed by atoms with Gasteiger partial charge >= 0.3 is 0 Å². The van der Waals surface area contributed by atoms with Gasteiger partial charge in [0.1, 0.15) is 22.8 Å². The second-order valence-corrected chi connectivity index (χ2v) is 5.66. The molecule has 22 heavy (non-hydrogen) atoms. The van der Waals surface area contributed by atoms with Gasteiger partial charge in [0.25, 0.3) is 5.91 Å². The number of aromatic nitrogens is 1. The van der Waals surface area contributed by atoms with Crippen molar-refractivity contribution in [1.29, 1.82) is 0 Å². The highest BCUT2D eigenvalue weighted by Crippen LogP contribution is 2.26. The number of fused-ring (bicyclic) bond motifs is 1. The molecule has 1 atom stereocenters. The van der Waals surface area contributed by atoms with Gasteiger partial charge in [0, 0.05) is 17.7 Å². The molecule has 1 amide bonds. The number of aromatic amines is 1. The highest BCUT2D eigenvalue weighted by molar-refractivity contribution is 5.96. The fourth-order valence-electron chi connectivity index (χ4n) is 2.58. The summed E-state index contributed by atoms with van der Waals surface area (Å²) in [6.07, 6.45) is 1.55. The third-order valence-electron chi connectivity index (χ3n) is 3.70. The highest BCUT2D eigenvalue weighted by Gasteiger charge is 2.28. The van der Waals surface area contributed by atoms with E-state index in [1.54, 1.807) is 38.3 Å². The molecule has 0 aliphatic heterocycles. The van der Waals surface area contributed by atoms with Crippen molar-refractivity contribution in [3.63, 3.8) is 0 Å². The summed E-state index contributed by atoms with van der Waals surface area (Å²) in [5.74, 6) is 1.07. The van der Waals surface area contributed by atoms with Crippen LogP contribution in [0.4, 0.5) is 0 Å². The highest BCUT2D eigenvalue weighted by atomic mass is 16.3. The number of carbonyl (C=O) groups excluding carboxylic acids is 1. The number of furan rings is 2. The fourth-order valence-corrected chi connectivity index (χ4v) is 2.58. The largest absolute Gasteiger partial charge is 0.466 e. The number of hydrogen-bond acceptors (Lipinski definition) is 4. The zero-order chi connectivity index (χ0) is 15.9. The number of nitrogens with one attached hydrogen (secondary N) is 2. The summed E-state index contributed by atoms with van der Waals surface area (Å²) < 4.78 is 10.6. The number of hydrogen-bond donors (Lipinski definition) is 3. The van der Waals surface area contributed by atoms with E-state index in [-0.39, 0.29) is 12.5 Å². The molecular formula is C16H18N2O4. The summed E-state index contributed by atoms with van der Waals surface area (Å²) in [7, 11) is 0. The van der Waals surface area contributed by atoms with Crippen molar-refractivity contribution >= 4 is 17.0 Å². The number of H-pyrrole nitrogens is 1. The van der Waals surface area contributed by atoms with E-state index in [0.717, 1.165) is 11.3 Å². The molecule has 6 nitrogen and oxygen atoms in total. The Kier molecular flexibility index (Phi) is 3.33. The van der Waals surface area contributed by atoms with E-state index in [9.17, 15) is 9.90 Å². The average molecular weight is 302 g/mol. The normalized spacial score (nSPS) is 14.2. The van der Waals surface area contributed by atoms with Crippen LogP contribution in [0.3, 0.4) is 0 Å². The Morgan fingerprint density at radius 3 is 2.82 bits per heavy atom. The summed E-state index contributed by atoms with van der Waals surface area (Å²) >= 11 is 0. The van der Waals surface area contributed by atoms with Crippen LogP contribution in [0.25, 0.3) is 11.1 Å². The summed E-state index contributed by atoms with van der Waals surface area (Å²) in [5, 5.41) is 13.3. The monoisotopic (exact) mass is 302 g/mol. The zero-order valence-corrected chi connectivity index (χ0v) is 12.7. The van der Waals surface area contributed by atoms with Crippen LogP contribution in [0.5, 0.6) is 0 Å². The summed E-state index contributed by atoms with van der Waals surface area (Å²) in [5.41, 5.74) is 1.25. The minimum atomic E-state index is -1.21. The average Bonchev–Trinajstić information content (AvgIpc) is 3.10. The molecule has 0 saturated carbocycles. The van der Waals surface area contributed by atoms with Crippen LogP contribution in [0.15, 0.2) is 33.3 Å². The summed E-state index contributed by atoms with van der Waals surface area (Å²) in [4.78, 5) is 15.1. The SMILES string of the molecule is Cc1cc(C(C)(O)CNC(=O)c2cc3occc3[nH]2)c(C)o1. The minimum Gasteiger partial charge on any atom is -0.466 e. The van der Waals surface area contributed by atoms with Crippen molar-refractivity contribution in [3.8, 4) is 0 Å². The van der Waals surface area contributed by atoms with Gasteiger partial charge in [-0.15, -0.1) is 0 Å². The van der Waals surface area contributed by atoms with E-state index in [4.69, 9.17) is 8.83 Å². The van der Waals surface area contributed by atoms with Gasteiger partial charge in [-0.25, -0.2) is 0 Å². The van der Waals surface area contributed by atoms with Gasteiger partial charge in [-0.3, -0.25) is 4.79 Å². The fraction of sp³-hybridized carbons (Fsp3) is 0.312. The van der Waals surface area contributed by atoms with Crippen molar-refractivity contribution in [2.45, 2.75) is 26.4 Å². The lowest BCUT2D eigenvalue weighted by Gasteiger charge is -2.23. The molecule has 3 aromatic heterocycles. The maximum absolute atomic E-state index is 12.2. The summed E-state index contributed by atoms with van der Waals surface area (Å²) in [6, 6.07) is 5.16. The maximum atomic E-state index is 12.2. The maximum Gasteiger partial charge on any atom is 0.267 e. The van der Waals surface area contributed by atoms with Crippen LogP contribution >= 0.6 is 0 Å². The molecule has 1 unspecified atom stereocenters. The summed E-state index contributed by atoms with van der Waals surface area (Å²) in [6.45, 7) is 5.33. The van der Waals surface area contributed by atoms with E-state index in [2.05, 4.69) is 10.3 Å². The molecule has 116 valence electrons. The second kappa shape index (κ2) is 5.06. The molecule has 0 spiro atoms. The smallest absolute Gasteiger partial charge is 0.267 e. The Hall–Kier alpha value is -2.47. The molecular weight excluding hydrogens is 284 g/mol. The molecule has 0 aliphatic carbocycles. The van der Waals surface area contributed by atoms with E-state index in [1.807, 2.05) is 6.92 Å². The van der Waals surface area contributed by atoms with Crippen molar-refractivity contribution in [2.75, 3.05) is 6.54 Å². The first-order valence-electron chi connectivity index (χ1n) is 7.01.